The summed E-state index contributed by atoms with van der Waals surface area (Å²) in [6.07, 6.45) is 0. The number of benzene rings is 6. The van der Waals surface area contributed by atoms with Gasteiger partial charge in [-0.1, -0.05) is 42.5 Å². The molecule has 0 bridgehead atoms. The Labute approximate surface area is 220 Å². The molecule has 0 spiro atoms. The molecule has 6 rings (SSSR count). The molecule has 0 atom stereocenters. The third-order valence-electron chi connectivity index (χ3n) is 6.10. The van der Waals surface area contributed by atoms with E-state index in [0.717, 1.165) is 10.8 Å². The van der Waals surface area contributed by atoms with Gasteiger partial charge in [0.05, 0.1) is 0 Å². The molecule has 8 nitrogen and oxygen atoms in total. The highest BCUT2D eigenvalue weighted by molar-refractivity contribution is 9.13. The van der Waals surface area contributed by atoms with E-state index in [4.69, 9.17) is 8.37 Å². The van der Waals surface area contributed by atoms with Crippen molar-refractivity contribution in [1.82, 2.24) is 0 Å². The fourth-order valence-electron chi connectivity index (χ4n) is 4.90. The van der Waals surface area contributed by atoms with Crippen molar-refractivity contribution in [3.8, 4) is 11.5 Å². The third-order valence-corrected chi connectivity index (χ3v) is 8.87. The molecule has 6 aromatic carbocycles. The molecule has 0 heterocycles. The summed E-state index contributed by atoms with van der Waals surface area (Å²) in [5.74, 6) is -0.169. The second-order valence-corrected chi connectivity index (χ2v) is 11.8. The lowest BCUT2D eigenvalue weighted by atomic mass is 9.88. The summed E-state index contributed by atoms with van der Waals surface area (Å²) in [6, 6.07) is 17.4. The van der Waals surface area contributed by atoms with Crippen molar-refractivity contribution >= 4 is 107 Å². The summed E-state index contributed by atoms with van der Waals surface area (Å²) in [7, 11) is -9.77. The summed E-state index contributed by atoms with van der Waals surface area (Å²) in [5, 5.41) is 5.51. The second kappa shape index (κ2) is 7.88. The Morgan fingerprint density at radius 1 is 0.528 bits per heavy atom. The van der Waals surface area contributed by atoms with E-state index in [0.29, 0.717) is 52.0 Å². The van der Waals surface area contributed by atoms with Crippen LogP contribution in [0.4, 0.5) is 0 Å². The molecule has 36 heavy (non-hydrogen) atoms. The van der Waals surface area contributed by atoms with Gasteiger partial charge < -0.3 is 8.37 Å². The molecular weight excluding hydrogens is 640 g/mol. The fraction of sp³-hybridized carbons (Fsp3) is 0. The van der Waals surface area contributed by atoms with Gasteiger partial charge in [-0.25, -0.2) is 0 Å². The minimum absolute atomic E-state index is 0.0654. The minimum atomic E-state index is -4.91. The van der Waals surface area contributed by atoms with Gasteiger partial charge in [0.25, 0.3) is 0 Å². The van der Waals surface area contributed by atoms with Gasteiger partial charge in [-0.15, -0.1) is 0 Å². The lowest BCUT2D eigenvalue weighted by molar-refractivity contribution is 0.387. The van der Waals surface area contributed by atoms with Crippen LogP contribution >= 0.6 is 31.9 Å². The van der Waals surface area contributed by atoms with E-state index >= 15 is 0 Å². The average molecular weight is 652 g/mol. The van der Waals surface area contributed by atoms with Gasteiger partial charge in [-0.3, -0.25) is 9.11 Å². The van der Waals surface area contributed by atoms with Gasteiger partial charge in [0.1, 0.15) is 0 Å². The van der Waals surface area contributed by atoms with Gasteiger partial charge in [-0.2, -0.15) is 16.8 Å². The Hall–Kier alpha value is -2.74. The Kier molecular flexibility index (Phi) is 5.17. The van der Waals surface area contributed by atoms with Crippen LogP contribution in [-0.2, 0) is 20.8 Å². The molecule has 0 aromatic heterocycles. The first kappa shape index (κ1) is 23.6. The normalized spacial score (nSPS) is 12.9. The van der Waals surface area contributed by atoms with E-state index in [2.05, 4.69) is 31.9 Å². The minimum Gasteiger partial charge on any atom is -0.360 e. The van der Waals surface area contributed by atoms with E-state index in [1.165, 1.54) is 0 Å². The third kappa shape index (κ3) is 3.59. The first-order valence-electron chi connectivity index (χ1n) is 10.2. The standard InChI is InChI=1S/C24H12Br2O8S2/c25-18-10-9-14-13-6-7-16-19-12(11-3-1-2-4-15(11)23(16)33-35(27,28)29)5-8-17(20(13)19)24(21(14)22(18)26)34-36(30,31)32/h1-10H,(H,27,28,29)(H,30,31,32). The van der Waals surface area contributed by atoms with Crippen LogP contribution in [0.2, 0.25) is 0 Å². The zero-order valence-electron chi connectivity index (χ0n) is 17.7. The zero-order chi connectivity index (χ0) is 25.6. The highest BCUT2D eigenvalue weighted by atomic mass is 79.9. The van der Waals surface area contributed by atoms with Crippen LogP contribution in [0.25, 0.3) is 53.9 Å². The highest BCUT2D eigenvalue weighted by Gasteiger charge is 2.25. The van der Waals surface area contributed by atoms with Crippen LogP contribution in [-0.4, -0.2) is 25.9 Å². The molecule has 0 radical (unpaired) electrons. The van der Waals surface area contributed by atoms with E-state index in [1.54, 1.807) is 60.7 Å². The molecular formula is C24H12Br2O8S2. The van der Waals surface area contributed by atoms with Crippen LogP contribution in [0.5, 0.6) is 11.5 Å². The van der Waals surface area contributed by atoms with Crippen molar-refractivity contribution in [2.24, 2.45) is 0 Å². The Bertz CT molecular complexity index is 2120. The van der Waals surface area contributed by atoms with Crippen molar-refractivity contribution < 1.29 is 34.3 Å². The maximum Gasteiger partial charge on any atom is 0.446 e. The molecule has 0 saturated carbocycles. The molecule has 0 aliphatic carbocycles. The van der Waals surface area contributed by atoms with E-state index in [9.17, 15) is 25.9 Å². The molecule has 0 unspecified atom stereocenters. The summed E-state index contributed by atoms with van der Waals surface area (Å²) in [5.41, 5.74) is 0. The predicted octanol–water partition coefficient (Wildman–Crippen LogP) is 6.78. The maximum absolute atomic E-state index is 11.9. The largest absolute Gasteiger partial charge is 0.446 e. The van der Waals surface area contributed by atoms with Gasteiger partial charge in [-0.05, 0) is 71.6 Å². The molecule has 6 aromatic rings. The Morgan fingerprint density at radius 2 is 0.972 bits per heavy atom. The number of rotatable bonds is 4. The summed E-state index contributed by atoms with van der Waals surface area (Å²) in [4.78, 5) is 0. The SMILES string of the molecule is O=S(=O)(O)Oc1c2ccccc2c2ccc3c(OS(=O)(=O)O)c4c(Br)c(Br)ccc4c4ccc1c2c34. The first-order chi connectivity index (χ1) is 16.9. The molecule has 0 aliphatic rings. The molecule has 12 heteroatoms. The van der Waals surface area contributed by atoms with Crippen molar-refractivity contribution in [2.45, 2.75) is 0 Å². The van der Waals surface area contributed by atoms with Crippen LogP contribution in [0.1, 0.15) is 0 Å². The average Bonchev–Trinajstić information content (AvgIpc) is 2.80. The lowest BCUT2D eigenvalue weighted by Gasteiger charge is -2.20. The zero-order valence-corrected chi connectivity index (χ0v) is 22.5. The van der Waals surface area contributed by atoms with Crippen LogP contribution < -0.4 is 8.37 Å². The van der Waals surface area contributed by atoms with Crippen molar-refractivity contribution in [2.75, 3.05) is 0 Å². The predicted molar refractivity (Wildman–Crippen MR) is 145 cm³/mol. The topological polar surface area (TPSA) is 127 Å². The number of fused-ring (bicyclic) bond motifs is 4. The quantitative estimate of drug-likeness (QED) is 0.121. The van der Waals surface area contributed by atoms with Gasteiger partial charge >= 0.3 is 20.8 Å². The molecule has 182 valence electrons. The first-order valence-corrected chi connectivity index (χ1v) is 14.5. The summed E-state index contributed by atoms with van der Waals surface area (Å²) in [6.45, 7) is 0. The van der Waals surface area contributed by atoms with E-state index in [1.807, 2.05) is 0 Å². The van der Waals surface area contributed by atoms with Crippen LogP contribution in [0, 0.1) is 0 Å². The molecule has 0 aliphatic heterocycles. The summed E-state index contributed by atoms with van der Waals surface area (Å²) >= 11 is 6.92. The van der Waals surface area contributed by atoms with E-state index < -0.39 is 20.8 Å². The second-order valence-electron chi connectivity index (χ2n) is 8.08. The number of hydrogen-bond acceptors (Lipinski definition) is 6. The number of hydrogen-bond donors (Lipinski definition) is 2. The van der Waals surface area contributed by atoms with Gasteiger partial charge in [0.2, 0.25) is 0 Å². The lowest BCUT2D eigenvalue weighted by Crippen LogP contribution is -2.08. The van der Waals surface area contributed by atoms with Gasteiger partial charge in [0, 0.05) is 41.3 Å². The molecule has 0 saturated heterocycles. The number of halogens is 2. The van der Waals surface area contributed by atoms with Crippen molar-refractivity contribution in [3.05, 3.63) is 69.6 Å². The molecule has 0 amide bonds. The van der Waals surface area contributed by atoms with Crippen LogP contribution in [0.3, 0.4) is 0 Å². The molecule has 0 fully saturated rings. The Morgan fingerprint density at radius 3 is 1.58 bits per heavy atom. The highest BCUT2D eigenvalue weighted by Crippen LogP contribution is 2.51. The van der Waals surface area contributed by atoms with E-state index in [-0.39, 0.29) is 11.5 Å². The van der Waals surface area contributed by atoms with Gasteiger partial charge in [0.15, 0.2) is 11.5 Å². The monoisotopic (exact) mass is 650 g/mol. The fourth-order valence-corrected chi connectivity index (χ4v) is 6.53. The van der Waals surface area contributed by atoms with Crippen molar-refractivity contribution in [1.29, 1.82) is 0 Å². The van der Waals surface area contributed by atoms with Crippen LogP contribution in [0.15, 0.2) is 69.6 Å². The molecule has 2 N–H and O–H groups in total. The van der Waals surface area contributed by atoms with Crippen molar-refractivity contribution in [3.63, 3.8) is 0 Å². The Balaban J connectivity index is 1.94. The maximum atomic E-state index is 11.9. The smallest absolute Gasteiger partial charge is 0.360 e. The summed E-state index contributed by atoms with van der Waals surface area (Å²) < 4.78 is 77.7.